The van der Waals surface area contributed by atoms with Gasteiger partial charge in [0.25, 0.3) is 0 Å². The fourth-order valence-electron chi connectivity index (χ4n) is 1.97. The van der Waals surface area contributed by atoms with Gasteiger partial charge in [0.05, 0.1) is 17.0 Å². The summed E-state index contributed by atoms with van der Waals surface area (Å²) in [7, 11) is -3.52. The Labute approximate surface area is 148 Å². The van der Waals surface area contributed by atoms with E-state index in [0.29, 0.717) is 22.2 Å². The summed E-state index contributed by atoms with van der Waals surface area (Å²) in [5.41, 5.74) is 0.323. The molecule has 1 aromatic rings. The van der Waals surface area contributed by atoms with Crippen LogP contribution in [0.2, 0.25) is 10.0 Å². The first kappa shape index (κ1) is 20.1. The van der Waals surface area contributed by atoms with Crippen LogP contribution in [-0.2, 0) is 14.8 Å². The Hall–Kier alpha value is -0.980. The lowest BCUT2D eigenvalue weighted by atomic mass is 10.2. The van der Waals surface area contributed by atoms with Gasteiger partial charge in [-0.3, -0.25) is 9.10 Å². The second kappa shape index (κ2) is 8.76. The number of nitrogens with zero attached hydrogens (tertiary/aromatic N) is 1. The maximum atomic E-state index is 12.0. The molecule has 0 heterocycles. The number of carbonyl (C=O) groups is 1. The van der Waals surface area contributed by atoms with Crippen LogP contribution in [-0.4, -0.2) is 33.2 Å². The Morgan fingerprint density at radius 1 is 1.35 bits per heavy atom. The molecular formula is C15H22Cl2N2O3S. The van der Waals surface area contributed by atoms with Gasteiger partial charge in [0, 0.05) is 24.0 Å². The summed E-state index contributed by atoms with van der Waals surface area (Å²) < 4.78 is 25.2. The van der Waals surface area contributed by atoms with E-state index in [1.165, 1.54) is 10.4 Å². The summed E-state index contributed by atoms with van der Waals surface area (Å²) in [6, 6.07) is 4.75. The van der Waals surface area contributed by atoms with Crippen LogP contribution in [0.15, 0.2) is 18.2 Å². The normalized spacial score (nSPS) is 12.7. The van der Waals surface area contributed by atoms with E-state index in [-0.39, 0.29) is 24.9 Å². The molecule has 5 nitrogen and oxygen atoms in total. The number of benzene rings is 1. The summed E-state index contributed by atoms with van der Waals surface area (Å²) in [5.74, 6) is -0.0926. The molecular weight excluding hydrogens is 359 g/mol. The van der Waals surface area contributed by atoms with E-state index in [9.17, 15) is 13.2 Å². The lowest BCUT2D eigenvalue weighted by Crippen LogP contribution is -2.34. The topological polar surface area (TPSA) is 66.5 Å². The quantitative estimate of drug-likeness (QED) is 0.750. The molecule has 0 bridgehead atoms. The van der Waals surface area contributed by atoms with Crippen molar-refractivity contribution in [3.8, 4) is 0 Å². The Bertz CT molecular complexity index is 650. The number of halogens is 2. The van der Waals surface area contributed by atoms with Crippen molar-refractivity contribution >= 4 is 44.8 Å². The average Bonchev–Trinajstić information content (AvgIpc) is 2.45. The number of carbonyl (C=O) groups excluding carboxylic acids is 1. The molecule has 0 fully saturated rings. The molecule has 8 heteroatoms. The third-order valence-electron chi connectivity index (χ3n) is 3.36. The number of amides is 1. The zero-order valence-corrected chi connectivity index (χ0v) is 15.8. The van der Waals surface area contributed by atoms with E-state index in [0.717, 1.165) is 12.7 Å². The molecule has 0 saturated carbocycles. The highest BCUT2D eigenvalue weighted by atomic mass is 35.5. The molecule has 1 atom stereocenters. The molecule has 0 aliphatic carbocycles. The van der Waals surface area contributed by atoms with Crippen LogP contribution in [0.1, 0.15) is 33.1 Å². The summed E-state index contributed by atoms with van der Waals surface area (Å²) in [4.78, 5) is 11.8. The summed E-state index contributed by atoms with van der Waals surface area (Å²) in [5, 5.41) is 3.54. The average molecular weight is 381 g/mol. The van der Waals surface area contributed by atoms with Gasteiger partial charge >= 0.3 is 0 Å². The Morgan fingerprint density at radius 2 is 2.00 bits per heavy atom. The molecule has 1 N–H and O–H groups in total. The largest absolute Gasteiger partial charge is 0.354 e. The van der Waals surface area contributed by atoms with Crippen LogP contribution in [0.5, 0.6) is 0 Å². The van der Waals surface area contributed by atoms with Gasteiger partial charge in [-0.25, -0.2) is 8.42 Å². The van der Waals surface area contributed by atoms with E-state index in [1.54, 1.807) is 12.1 Å². The molecule has 0 unspecified atom stereocenters. The molecule has 0 radical (unpaired) electrons. The van der Waals surface area contributed by atoms with Gasteiger partial charge in [-0.15, -0.1) is 0 Å². The molecule has 0 aliphatic rings. The third-order valence-corrected chi connectivity index (χ3v) is 5.10. The molecule has 1 rings (SSSR count). The zero-order valence-electron chi connectivity index (χ0n) is 13.5. The van der Waals surface area contributed by atoms with Crippen molar-refractivity contribution in [1.82, 2.24) is 5.32 Å². The monoisotopic (exact) mass is 380 g/mol. The minimum absolute atomic E-state index is 0.0926. The minimum atomic E-state index is -3.52. The van der Waals surface area contributed by atoms with Gasteiger partial charge in [-0.2, -0.15) is 0 Å². The van der Waals surface area contributed by atoms with Crippen molar-refractivity contribution < 1.29 is 13.2 Å². The lowest BCUT2D eigenvalue weighted by molar-refractivity contribution is -0.121. The molecule has 0 saturated heterocycles. The van der Waals surface area contributed by atoms with E-state index < -0.39 is 10.0 Å². The number of rotatable bonds is 8. The van der Waals surface area contributed by atoms with Gasteiger partial charge in [0.2, 0.25) is 15.9 Å². The molecule has 0 spiro atoms. The summed E-state index contributed by atoms with van der Waals surface area (Å²) in [6.45, 7) is 4.07. The van der Waals surface area contributed by atoms with E-state index in [4.69, 9.17) is 23.2 Å². The second-order valence-electron chi connectivity index (χ2n) is 5.41. The molecule has 1 amide bonds. The van der Waals surface area contributed by atoms with Crippen LogP contribution in [0.4, 0.5) is 5.69 Å². The van der Waals surface area contributed by atoms with Crippen molar-refractivity contribution in [2.45, 2.75) is 39.2 Å². The van der Waals surface area contributed by atoms with Crippen molar-refractivity contribution in [2.75, 3.05) is 17.1 Å². The second-order valence-corrected chi connectivity index (χ2v) is 8.16. The number of anilines is 1. The van der Waals surface area contributed by atoms with Crippen molar-refractivity contribution in [3.05, 3.63) is 28.2 Å². The molecule has 23 heavy (non-hydrogen) atoms. The van der Waals surface area contributed by atoms with E-state index in [2.05, 4.69) is 5.32 Å². The van der Waals surface area contributed by atoms with E-state index >= 15 is 0 Å². The van der Waals surface area contributed by atoms with Crippen molar-refractivity contribution in [1.29, 1.82) is 0 Å². The SMILES string of the molecule is CC[C@H](C)NC(=O)CCCN(c1cc(Cl)ccc1Cl)S(C)(=O)=O. The lowest BCUT2D eigenvalue weighted by Gasteiger charge is -2.23. The fourth-order valence-corrected chi connectivity index (χ4v) is 3.38. The maximum absolute atomic E-state index is 12.0. The number of hydrogen-bond acceptors (Lipinski definition) is 3. The van der Waals surface area contributed by atoms with Gasteiger partial charge in [-0.1, -0.05) is 30.1 Å². The van der Waals surface area contributed by atoms with Crippen LogP contribution >= 0.6 is 23.2 Å². The van der Waals surface area contributed by atoms with Gasteiger partial charge in [0.15, 0.2) is 0 Å². The van der Waals surface area contributed by atoms with Gasteiger partial charge in [0.1, 0.15) is 0 Å². The smallest absolute Gasteiger partial charge is 0.232 e. The maximum Gasteiger partial charge on any atom is 0.232 e. The van der Waals surface area contributed by atoms with Crippen LogP contribution in [0.3, 0.4) is 0 Å². The molecule has 0 aromatic heterocycles. The highest BCUT2D eigenvalue weighted by Crippen LogP contribution is 2.30. The van der Waals surface area contributed by atoms with Crippen LogP contribution in [0, 0.1) is 0 Å². The zero-order chi connectivity index (χ0) is 17.6. The molecule has 130 valence electrons. The minimum Gasteiger partial charge on any atom is -0.354 e. The van der Waals surface area contributed by atoms with Crippen molar-refractivity contribution in [2.24, 2.45) is 0 Å². The number of nitrogens with one attached hydrogen (secondary N) is 1. The van der Waals surface area contributed by atoms with Gasteiger partial charge < -0.3 is 5.32 Å². The third kappa shape index (κ3) is 6.57. The summed E-state index contributed by atoms with van der Waals surface area (Å²) >= 11 is 12.0. The highest BCUT2D eigenvalue weighted by Gasteiger charge is 2.20. The predicted octanol–water partition coefficient (Wildman–Crippen LogP) is 3.45. The Balaban J connectivity index is 2.78. The van der Waals surface area contributed by atoms with Crippen molar-refractivity contribution in [3.63, 3.8) is 0 Å². The van der Waals surface area contributed by atoms with Crippen LogP contribution in [0.25, 0.3) is 0 Å². The highest BCUT2D eigenvalue weighted by molar-refractivity contribution is 7.92. The summed E-state index contributed by atoms with van der Waals surface area (Å²) in [6.07, 6.45) is 2.58. The Kier molecular flexibility index (Phi) is 7.64. The van der Waals surface area contributed by atoms with Gasteiger partial charge in [-0.05, 0) is 38.0 Å². The number of hydrogen-bond donors (Lipinski definition) is 1. The first-order chi connectivity index (χ1) is 10.6. The molecule has 0 aliphatic heterocycles. The fraction of sp³-hybridized carbons (Fsp3) is 0.533. The van der Waals surface area contributed by atoms with Crippen LogP contribution < -0.4 is 9.62 Å². The first-order valence-electron chi connectivity index (χ1n) is 7.37. The first-order valence-corrected chi connectivity index (χ1v) is 9.97. The molecule has 1 aromatic carbocycles. The predicted molar refractivity (Wildman–Crippen MR) is 95.8 cm³/mol. The van der Waals surface area contributed by atoms with E-state index in [1.807, 2.05) is 13.8 Å². The standard InChI is InChI=1S/C15H22Cl2N2O3S/c1-4-11(2)18-15(20)6-5-9-19(23(3,21)22)14-10-12(16)7-8-13(14)17/h7-8,10-11H,4-6,9H2,1-3H3,(H,18,20)/t11-/m0/s1. The Morgan fingerprint density at radius 3 is 2.57 bits per heavy atom. The number of sulfonamides is 1.